The van der Waals surface area contributed by atoms with Gasteiger partial charge in [-0.15, -0.1) is 5.10 Å². The average molecular weight is 518 g/mol. The minimum absolute atomic E-state index is 0.194. The summed E-state index contributed by atoms with van der Waals surface area (Å²) >= 11 is 0. The van der Waals surface area contributed by atoms with Gasteiger partial charge in [0.05, 0.1) is 37.0 Å². The summed E-state index contributed by atoms with van der Waals surface area (Å²) in [5, 5.41) is 16.1. The summed E-state index contributed by atoms with van der Waals surface area (Å²) in [6.45, 7) is 3.20. The molecule has 1 saturated carbocycles. The highest BCUT2D eigenvalue weighted by Gasteiger charge is 2.22. The zero-order chi connectivity index (χ0) is 26.3. The molecule has 3 aromatic rings. The van der Waals surface area contributed by atoms with Gasteiger partial charge < -0.3 is 26.1 Å². The number of aromatic nitrogens is 2. The molecule has 2 heterocycles. The first-order chi connectivity index (χ1) is 18.6. The number of rotatable bonds is 6. The Bertz CT molecular complexity index is 1250. The van der Waals surface area contributed by atoms with Crippen molar-refractivity contribution in [2.45, 2.75) is 38.1 Å². The van der Waals surface area contributed by atoms with Crippen LogP contribution < -0.4 is 27.2 Å². The van der Waals surface area contributed by atoms with E-state index in [2.05, 4.69) is 25.7 Å². The van der Waals surface area contributed by atoms with Gasteiger partial charge in [-0.25, -0.2) is 10.5 Å². The van der Waals surface area contributed by atoms with E-state index in [1.54, 1.807) is 34.2 Å². The smallest absolute Gasteiger partial charge is 0.255 e. The number of guanidine groups is 1. The van der Waals surface area contributed by atoms with Gasteiger partial charge >= 0.3 is 0 Å². The second-order valence-electron chi connectivity index (χ2n) is 9.60. The van der Waals surface area contributed by atoms with Crippen molar-refractivity contribution in [3.8, 4) is 5.69 Å². The minimum atomic E-state index is -0.194. The van der Waals surface area contributed by atoms with E-state index >= 15 is 0 Å². The van der Waals surface area contributed by atoms with Crippen LogP contribution in [0.1, 0.15) is 42.5 Å². The van der Waals surface area contributed by atoms with E-state index in [-0.39, 0.29) is 11.9 Å². The summed E-state index contributed by atoms with van der Waals surface area (Å²) in [6, 6.07) is 15.4. The molecule has 0 unspecified atom stereocenters. The predicted molar refractivity (Wildman–Crippen MR) is 149 cm³/mol. The number of anilines is 3. The number of nitrogens with two attached hydrogens (primary N) is 2. The van der Waals surface area contributed by atoms with E-state index in [0.717, 1.165) is 69.0 Å². The molecule has 6 N–H and O–H groups in total. The van der Waals surface area contributed by atoms with Gasteiger partial charge in [-0.05, 0) is 55.3 Å². The van der Waals surface area contributed by atoms with Gasteiger partial charge in [0, 0.05) is 36.1 Å². The van der Waals surface area contributed by atoms with Gasteiger partial charge in [0.15, 0.2) is 0 Å². The van der Waals surface area contributed by atoms with Crippen LogP contribution >= 0.6 is 0 Å². The standard InChI is InChI=1S/C27H35N9O2/c28-33-27(36(29)24-6-2-1-3-7-24)32-22-18-30-35(19-22)25-8-4-5-20(17-25)26(37)31-21-9-11-23(12-10-21)34-13-15-38-16-14-34/h4-5,8-12,17-19,24H,1-3,6-7,13-16,28-29H2,(H,31,37)(H,32,33). The number of hydrazone groups is 1. The van der Waals surface area contributed by atoms with E-state index < -0.39 is 0 Å². The number of ether oxygens (including phenoxy) is 1. The van der Waals surface area contributed by atoms with Crippen molar-refractivity contribution in [3.63, 3.8) is 0 Å². The van der Waals surface area contributed by atoms with Crippen LogP contribution in [-0.4, -0.2) is 59.0 Å². The molecule has 0 bridgehead atoms. The summed E-state index contributed by atoms with van der Waals surface area (Å²) in [7, 11) is 0. The SMILES string of the molecule is N/N=C(/Nc1cnn(-c2cccc(C(=O)Nc3ccc(N4CCOCC4)cc3)c2)c1)N(N)C1CCCCC1. The van der Waals surface area contributed by atoms with E-state index in [4.69, 9.17) is 16.4 Å². The van der Waals surface area contributed by atoms with E-state index in [0.29, 0.717) is 17.2 Å². The first kappa shape index (κ1) is 25.6. The summed E-state index contributed by atoms with van der Waals surface area (Å²) in [5.74, 6) is 12.1. The molecular weight excluding hydrogens is 482 g/mol. The van der Waals surface area contributed by atoms with Crippen LogP contribution in [-0.2, 0) is 4.74 Å². The molecule has 0 radical (unpaired) electrons. The van der Waals surface area contributed by atoms with Crippen molar-refractivity contribution in [3.05, 3.63) is 66.5 Å². The molecule has 11 nitrogen and oxygen atoms in total. The number of morpholine rings is 1. The van der Waals surface area contributed by atoms with Crippen molar-refractivity contribution in [1.29, 1.82) is 0 Å². The Morgan fingerprint density at radius 1 is 1.00 bits per heavy atom. The summed E-state index contributed by atoms with van der Waals surface area (Å²) in [4.78, 5) is 15.2. The Morgan fingerprint density at radius 3 is 2.50 bits per heavy atom. The van der Waals surface area contributed by atoms with E-state index in [9.17, 15) is 4.79 Å². The predicted octanol–water partition coefficient (Wildman–Crippen LogP) is 3.11. The van der Waals surface area contributed by atoms with Crippen molar-refractivity contribution in [2.75, 3.05) is 41.8 Å². The fourth-order valence-corrected chi connectivity index (χ4v) is 4.92. The lowest BCUT2D eigenvalue weighted by atomic mass is 9.95. The Labute approximate surface area is 222 Å². The lowest BCUT2D eigenvalue weighted by molar-refractivity contribution is 0.102. The summed E-state index contributed by atoms with van der Waals surface area (Å²) in [5.41, 5.74) is 3.82. The number of hydrazine groups is 1. The molecule has 2 fully saturated rings. The van der Waals surface area contributed by atoms with Crippen LogP contribution in [0.25, 0.3) is 5.69 Å². The molecule has 5 rings (SSSR count). The third-order valence-corrected chi connectivity index (χ3v) is 7.05. The Hall–Kier alpha value is -4.09. The molecule has 1 aliphatic heterocycles. The molecule has 2 aliphatic rings. The highest BCUT2D eigenvalue weighted by Crippen LogP contribution is 2.22. The number of carbonyl (C=O) groups is 1. The fourth-order valence-electron chi connectivity index (χ4n) is 4.92. The Kier molecular flexibility index (Phi) is 8.05. The van der Waals surface area contributed by atoms with Crippen LogP contribution in [0.5, 0.6) is 0 Å². The van der Waals surface area contributed by atoms with Gasteiger partial charge in [0.25, 0.3) is 5.91 Å². The van der Waals surface area contributed by atoms with Crippen molar-refractivity contribution in [2.24, 2.45) is 16.8 Å². The number of nitrogens with zero attached hydrogens (tertiary/aromatic N) is 5. The fraction of sp³-hybridized carbons (Fsp3) is 0.370. The zero-order valence-corrected chi connectivity index (χ0v) is 21.4. The molecule has 200 valence electrons. The third-order valence-electron chi connectivity index (χ3n) is 7.05. The minimum Gasteiger partial charge on any atom is -0.378 e. The number of amides is 1. The monoisotopic (exact) mass is 517 g/mol. The topological polar surface area (TPSA) is 139 Å². The van der Waals surface area contributed by atoms with Crippen LogP contribution in [0.4, 0.5) is 17.1 Å². The molecule has 1 saturated heterocycles. The number of hydrogen-bond acceptors (Lipinski definition) is 7. The largest absolute Gasteiger partial charge is 0.378 e. The number of hydrogen-bond donors (Lipinski definition) is 4. The van der Waals surface area contributed by atoms with Crippen molar-refractivity contribution < 1.29 is 9.53 Å². The first-order valence-corrected chi connectivity index (χ1v) is 13.1. The quantitative estimate of drug-likeness (QED) is 0.169. The molecule has 2 aromatic carbocycles. The second-order valence-corrected chi connectivity index (χ2v) is 9.60. The van der Waals surface area contributed by atoms with Gasteiger partial charge in [-0.1, -0.05) is 25.3 Å². The molecule has 0 spiro atoms. The van der Waals surface area contributed by atoms with E-state index in [1.807, 2.05) is 36.4 Å². The normalized spacial score (nSPS) is 16.8. The number of benzene rings is 2. The second kappa shape index (κ2) is 12.0. The maximum atomic E-state index is 13.0. The molecule has 1 aromatic heterocycles. The molecule has 11 heteroatoms. The Morgan fingerprint density at radius 2 is 1.76 bits per heavy atom. The van der Waals surface area contributed by atoms with Crippen LogP contribution in [0, 0.1) is 0 Å². The maximum Gasteiger partial charge on any atom is 0.255 e. The highest BCUT2D eigenvalue weighted by molar-refractivity contribution is 6.04. The summed E-state index contributed by atoms with van der Waals surface area (Å²) < 4.78 is 7.10. The molecule has 38 heavy (non-hydrogen) atoms. The lowest BCUT2D eigenvalue weighted by Crippen LogP contribution is -2.49. The van der Waals surface area contributed by atoms with Gasteiger partial charge in [0.1, 0.15) is 0 Å². The first-order valence-electron chi connectivity index (χ1n) is 13.1. The van der Waals surface area contributed by atoms with Gasteiger partial charge in [0.2, 0.25) is 5.96 Å². The Balaban J connectivity index is 1.22. The van der Waals surface area contributed by atoms with Gasteiger partial charge in [-0.2, -0.15) is 5.10 Å². The van der Waals surface area contributed by atoms with Gasteiger partial charge in [-0.3, -0.25) is 9.80 Å². The van der Waals surface area contributed by atoms with E-state index in [1.165, 1.54) is 6.42 Å². The molecule has 0 atom stereocenters. The van der Waals surface area contributed by atoms with Crippen LogP contribution in [0.3, 0.4) is 0 Å². The van der Waals surface area contributed by atoms with Crippen LogP contribution in [0.2, 0.25) is 0 Å². The van der Waals surface area contributed by atoms with Crippen LogP contribution in [0.15, 0.2) is 66.0 Å². The zero-order valence-electron chi connectivity index (χ0n) is 21.4. The van der Waals surface area contributed by atoms with Crippen molar-refractivity contribution >= 4 is 28.9 Å². The lowest BCUT2D eigenvalue weighted by Gasteiger charge is -2.32. The third kappa shape index (κ3) is 6.06. The highest BCUT2D eigenvalue weighted by atomic mass is 16.5. The maximum absolute atomic E-state index is 13.0. The summed E-state index contributed by atoms with van der Waals surface area (Å²) in [6.07, 6.45) is 9.05. The molecule has 1 amide bonds. The molecule has 1 aliphatic carbocycles. The molecular formula is C27H35N9O2. The number of carbonyl (C=O) groups excluding carboxylic acids is 1. The average Bonchev–Trinajstić information content (AvgIpc) is 3.46. The number of nitrogens with one attached hydrogen (secondary N) is 2. The van der Waals surface area contributed by atoms with Crippen molar-refractivity contribution in [1.82, 2.24) is 14.8 Å².